The topological polar surface area (TPSA) is 18.5 Å². The maximum Gasteiger partial charge on any atom is 0.380 e. The summed E-state index contributed by atoms with van der Waals surface area (Å²) in [6.45, 7) is 4.59. The van der Waals surface area contributed by atoms with Crippen LogP contribution >= 0.6 is 11.6 Å². The van der Waals surface area contributed by atoms with Gasteiger partial charge in [0.25, 0.3) is 0 Å². The molecular formula is C6H14ClO2Si. The summed E-state index contributed by atoms with van der Waals surface area (Å²) in [5.74, 6) is 0. The molecule has 0 saturated carbocycles. The average Bonchev–Trinajstić information content (AvgIpc) is 1.99. The van der Waals surface area contributed by atoms with Crippen LogP contribution in [0.15, 0.2) is 0 Å². The normalized spacial score (nSPS) is 14.1. The number of halogens is 1. The van der Waals surface area contributed by atoms with Crippen molar-refractivity contribution in [3.05, 3.63) is 0 Å². The quantitative estimate of drug-likeness (QED) is 0.476. The first-order chi connectivity index (χ1) is 4.70. The molecule has 0 spiro atoms. The number of alkyl halides is 1. The highest BCUT2D eigenvalue weighted by Crippen LogP contribution is 2.01. The van der Waals surface area contributed by atoms with E-state index in [1.807, 2.05) is 13.5 Å². The van der Waals surface area contributed by atoms with Crippen molar-refractivity contribution in [2.24, 2.45) is 0 Å². The molecule has 1 unspecified atom stereocenters. The van der Waals surface area contributed by atoms with Gasteiger partial charge in [0.1, 0.15) is 0 Å². The second-order valence-electron chi connectivity index (χ2n) is 2.01. The molecule has 0 amide bonds. The smallest absolute Gasteiger partial charge is 0.380 e. The van der Waals surface area contributed by atoms with Gasteiger partial charge in [-0.05, 0) is 13.0 Å². The van der Waals surface area contributed by atoms with Crippen LogP contribution in [0.5, 0.6) is 0 Å². The third kappa shape index (κ3) is 5.23. The van der Waals surface area contributed by atoms with Crippen LogP contribution in [0.4, 0.5) is 0 Å². The summed E-state index contributed by atoms with van der Waals surface area (Å²) < 4.78 is 10.3. The fraction of sp³-hybridized carbons (Fsp3) is 1.00. The fourth-order valence-electron chi connectivity index (χ4n) is 0.385. The first-order valence-electron chi connectivity index (χ1n) is 3.35. The molecule has 1 atom stereocenters. The minimum Gasteiger partial charge on any atom is -0.397 e. The minimum atomic E-state index is -1.02. The van der Waals surface area contributed by atoms with E-state index in [1.54, 1.807) is 7.11 Å². The van der Waals surface area contributed by atoms with Gasteiger partial charge in [-0.15, -0.1) is 11.6 Å². The predicted molar refractivity (Wildman–Crippen MR) is 44.5 cm³/mol. The van der Waals surface area contributed by atoms with Crippen LogP contribution in [0.2, 0.25) is 6.55 Å². The molecule has 0 aliphatic carbocycles. The monoisotopic (exact) mass is 181 g/mol. The zero-order valence-corrected chi connectivity index (χ0v) is 8.44. The van der Waals surface area contributed by atoms with Crippen LogP contribution in [0.3, 0.4) is 0 Å². The van der Waals surface area contributed by atoms with Crippen molar-refractivity contribution in [3.8, 4) is 0 Å². The molecule has 4 heteroatoms. The lowest BCUT2D eigenvalue weighted by Gasteiger charge is -2.10. The molecule has 0 rings (SSSR count). The Bertz CT molecular complexity index is 72.1. The molecule has 0 aliphatic rings. The van der Waals surface area contributed by atoms with E-state index < -0.39 is 9.28 Å². The van der Waals surface area contributed by atoms with Crippen LogP contribution in [0, 0.1) is 0 Å². The summed E-state index contributed by atoms with van der Waals surface area (Å²) in [6.07, 6.45) is 0.945. The van der Waals surface area contributed by atoms with E-state index in [-0.39, 0.29) is 5.38 Å². The van der Waals surface area contributed by atoms with E-state index >= 15 is 0 Å². The lowest BCUT2D eigenvalue weighted by atomic mass is 10.4. The molecule has 10 heavy (non-hydrogen) atoms. The van der Waals surface area contributed by atoms with Crippen LogP contribution in [0.1, 0.15) is 13.3 Å². The highest BCUT2D eigenvalue weighted by atomic mass is 35.5. The van der Waals surface area contributed by atoms with Gasteiger partial charge in [0, 0.05) is 7.11 Å². The van der Waals surface area contributed by atoms with Crippen molar-refractivity contribution in [2.45, 2.75) is 25.3 Å². The molecule has 0 aromatic carbocycles. The molecule has 1 radical (unpaired) electrons. The third-order valence-corrected chi connectivity index (χ3v) is 2.78. The number of hydrogen-bond donors (Lipinski definition) is 0. The Labute approximate surface area is 69.3 Å². The first-order valence-corrected chi connectivity index (χ1v) is 5.60. The lowest BCUT2D eigenvalue weighted by Crippen LogP contribution is -2.21. The van der Waals surface area contributed by atoms with Crippen LogP contribution in [-0.4, -0.2) is 28.4 Å². The molecule has 0 heterocycles. The highest BCUT2D eigenvalue weighted by molar-refractivity contribution is 6.42. The van der Waals surface area contributed by atoms with Gasteiger partial charge in [0.15, 0.2) is 0 Å². The van der Waals surface area contributed by atoms with E-state index in [4.69, 9.17) is 20.5 Å². The standard InChI is InChI=1S/C6H14ClO2Si/c1-4-6(7)5-9-10(3)8-2/h6H,4-5H2,1-3H3. The van der Waals surface area contributed by atoms with E-state index in [0.29, 0.717) is 6.61 Å². The van der Waals surface area contributed by atoms with Crippen molar-refractivity contribution in [1.82, 2.24) is 0 Å². The molecule has 61 valence electrons. The zero-order valence-electron chi connectivity index (χ0n) is 6.69. The summed E-state index contributed by atoms with van der Waals surface area (Å²) in [4.78, 5) is 0. The van der Waals surface area contributed by atoms with Gasteiger partial charge in [-0.3, -0.25) is 0 Å². The Balaban J connectivity index is 3.17. The van der Waals surface area contributed by atoms with Crippen molar-refractivity contribution in [1.29, 1.82) is 0 Å². The third-order valence-electron chi connectivity index (χ3n) is 1.20. The Morgan fingerprint density at radius 1 is 1.60 bits per heavy atom. The molecule has 2 nitrogen and oxygen atoms in total. The van der Waals surface area contributed by atoms with Crippen molar-refractivity contribution >= 4 is 20.9 Å². The van der Waals surface area contributed by atoms with E-state index in [9.17, 15) is 0 Å². The van der Waals surface area contributed by atoms with E-state index in [2.05, 4.69) is 0 Å². The van der Waals surface area contributed by atoms with E-state index in [1.165, 1.54) is 0 Å². The predicted octanol–water partition coefficient (Wildman–Crippen LogP) is 1.78. The molecule has 0 aromatic heterocycles. The maximum absolute atomic E-state index is 5.80. The van der Waals surface area contributed by atoms with Gasteiger partial charge in [0.05, 0.1) is 12.0 Å². The molecule has 0 saturated heterocycles. The molecule has 0 N–H and O–H groups in total. The van der Waals surface area contributed by atoms with Crippen LogP contribution < -0.4 is 0 Å². The first kappa shape index (κ1) is 10.4. The van der Waals surface area contributed by atoms with Gasteiger partial charge in [0.2, 0.25) is 0 Å². The van der Waals surface area contributed by atoms with E-state index in [0.717, 1.165) is 6.42 Å². The van der Waals surface area contributed by atoms with Crippen LogP contribution in [0.25, 0.3) is 0 Å². The zero-order chi connectivity index (χ0) is 7.98. The summed E-state index contributed by atoms with van der Waals surface area (Å²) in [5, 5.41) is 0.134. The SMILES string of the molecule is CCC(Cl)CO[Si](C)OC. The van der Waals surface area contributed by atoms with Gasteiger partial charge in [-0.2, -0.15) is 0 Å². The Hall–Kier alpha value is 0.427. The van der Waals surface area contributed by atoms with Crippen molar-refractivity contribution in [2.75, 3.05) is 13.7 Å². The molecule has 0 aromatic rings. The largest absolute Gasteiger partial charge is 0.397 e. The second kappa shape index (κ2) is 6.16. The summed E-state index contributed by atoms with van der Waals surface area (Å²) in [7, 11) is 0.638. The lowest BCUT2D eigenvalue weighted by molar-refractivity contribution is 0.233. The Morgan fingerprint density at radius 2 is 2.20 bits per heavy atom. The Morgan fingerprint density at radius 3 is 2.60 bits per heavy atom. The Kier molecular flexibility index (Phi) is 6.42. The molecule has 0 aliphatic heterocycles. The summed E-state index contributed by atoms with van der Waals surface area (Å²) >= 11 is 5.80. The average molecular weight is 182 g/mol. The summed E-state index contributed by atoms with van der Waals surface area (Å²) in [6, 6.07) is 0. The van der Waals surface area contributed by atoms with Crippen molar-refractivity contribution in [3.63, 3.8) is 0 Å². The molecular weight excluding hydrogens is 168 g/mol. The van der Waals surface area contributed by atoms with Gasteiger partial charge < -0.3 is 8.85 Å². The number of rotatable bonds is 5. The van der Waals surface area contributed by atoms with Gasteiger partial charge in [-0.25, -0.2) is 0 Å². The van der Waals surface area contributed by atoms with Crippen molar-refractivity contribution < 1.29 is 8.85 Å². The minimum absolute atomic E-state index is 0.134. The highest BCUT2D eigenvalue weighted by Gasteiger charge is 2.07. The van der Waals surface area contributed by atoms with Gasteiger partial charge >= 0.3 is 9.28 Å². The number of hydrogen-bond acceptors (Lipinski definition) is 2. The summed E-state index contributed by atoms with van der Waals surface area (Å²) in [5.41, 5.74) is 0. The molecule has 0 fully saturated rings. The molecule has 0 bridgehead atoms. The fourth-order valence-corrected chi connectivity index (χ4v) is 1.11. The maximum atomic E-state index is 5.80. The second-order valence-corrected chi connectivity index (χ2v) is 4.31. The van der Waals surface area contributed by atoms with Gasteiger partial charge in [-0.1, -0.05) is 6.92 Å². The van der Waals surface area contributed by atoms with Crippen LogP contribution in [-0.2, 0) is 8.85 Å².